The van der Waals surface area contributed by atoms with Crippen molar-refractivity contribution in [3.8, 4) is 0 Å². The van der Waals surface area contributed by atoms with Crippen LogP contribution < -0.4 is 10.6 Å². The van der Waals surface area contributed by atoms with Crippen LogP contribution in [0.5, 0.6) is 0 Å². The maximum atomic E-state index is 12.2. The minimum atomic E-state index is -0.512. The zero-order chi connectivity index (χ0) is 16.9. The lowest BCUT2D eigenvalue weighted by atomic mass is 10.3. The molecule has 122 valence electrons. The number of rotatable bonds is 5. The van der Waals surface area contributed by atoms with E-state index < -0.39 is 11.8 Å². The average Bonchev–Trinajstić information content (AvgIpc) is 3.27. The zero-order valence-electron chi connectivity index (χ0n) is 12.6. The fraction of sp³-hybridized carbons (Fsp3) is 0.0625. The Morgan fingerprint density at radius 3 is 2.62 bits per heavy atom. The summed E-state index contributed by atoms with van der Waals surface area (Å²) in [6.45, 7) is 0. The number of anilines is 2. The van der Waals surface area contributed by atoms with Gasteiger partial charge < -0.3 is 14.2 Å². The first-order valence-electron chi connectivity index (χ1n) is 6.92. The van der Waals surface area contributed by atoms with Gasteiger partial charge in [0.25, 0.3) is 11.8 Å². The summed E-state index contributed by atoms with van der Waals surface area (Å²) in [5.74, 6) is -0.826. The van der Waals surface area contributed by atoms with Crippen LogP contribution in [0.3, 0.4) is 0 Å². The SMILES string of the molecule is CSc1ccccc1NC(=O)c1coc(NC(=O)c2ccco2)n1. The highest BCUT2D eigenvalue weighted by atomic mass is 32.2. The van der Waals surface area contributed by atoms with Gasteiger partial charge in [-0.25, -0.2) is 0 Å². The molecule has 2 N–H and O–H groups in total. The summed E-state index contributed by atoms with van der Waals surface area (Å²) < 4.78 is 10.1. The fourth-order valence-electron chi connectivity index (χ4n) is 1.94. The van der Waals surface area contributed by atoms with E-state index in [1.54, 1.807) is 12.1 Å². The molecule has 0 saturated carbocycles. The van der Waals surface area contributed by atoms with Crippen molar-refractivity contribution in [2.75, 3.05) is 16.9 Å². The Hall–Kier alpha value is -3.00. The number of para-hydroxylation sites is 1. The second-order valence-electron chi connectivity index (χ2n) is 4.62. The molecule has 0 unspecified atom stereocenters. The van der Waals surface area contributed by atoms with Crippen LogP contribution in [0.25, 0.3) is 0 Å². The van der Waals surface area contributed by atoms with Crippen LogP contribution in [0.4, 0.5) is 11.7 Å². The summed E-state index contributed by atoms with van der Waals surface area (Å²) in [7, 11) is 0. The quantitative estimate of drug-likeness (QED) is 0.688. The number of hydrogen-bond acceptors (Lipinski definition) is 6. The minimum absolute atomic E-state index is 0.0562. The van der Waals surface area contributed by atoms with Crippen molar-refractivity contribution in [2.45, 2.75) is 4.90 Å². The number of carbonyl (C=O) groups excluding carboxylic acids is 2. The van der Waals surface area contributed by atoms with Crippen molar-refractivity contribution in [3.63, 3.8) is 0 Å². The molecule has 0 saturated heterocycles. The fourth-order valence-corrected chi connectivity index (χ4v) is 2.49. The average molecular weight is 343 g/mol. The first-order chi connectivity index (χ1) is 11.7. The number of carbonyl (C=O) groups is 2. The predicted octanol–water partition coefficient (Wildman–Crippen LogP) is 3.49. The number of benzene rings is 1. The normalized spacial score (nSPS) is 10.4. The molecule has 1 aromatic carbocycles. The Balaban J connectivity index is 1.68. The Morgan fingerprint density at radius 1 is 1.04 bits per heavy atom. The highest BCUT2D eigenvalue weighted by Crippen LogP contribution is 2.25. The number of hydrogen-bond donors (Lipinski definition) is 2. The molecule has 2 aromatic heterocycles. The highest BCUT2D eigenvalue weighted by Gasteiger charge is 2.16. The maximum absolute atomic E-state index is 12.2. The molecule has 8 heteroatoms. The second-order valence-corrected chi connectivity index (χ2v) is 5.47. The molecule has 0 fully saturated rings. The molecule has 3 rings (SSSR count). The Morgan fingerprint density at radius 2 is 1.88 bits per heavy atom. The monoisotopic (exact) mass is 343 g/mol. The van der Waals surface area contributed by atoms with Gasteiger partial charge in [0.2, 0.25) is 0 Å². The molecule has 0 radical (unpaired) electrons. The van der Waals surface area contributed by atoms with Crippen LogP contribution >= 0.6 is 11.8 Å². The maximum Gasteiger partial charge on any atom is 0.302 e. The first-order valence-corrected chi connectivity index (χ1v) is 8.14. The lowest BCUT2D eigenvalue weighted by molar-refractivity contribution is 0.0990. The van der Waals surface area contributed by atoms with Crippen molar-refractivity contribution >= 4 is 35.3 Å². The van der Waals surface area contributed by atoms with Gasteiger partial charge >= 0.3 is 6.01 Å². The van der Waals surface area contributed by atoms with Crippen LogP contribution in [0.1, 0.15) is 21.0 Å². The Kier molecular flexibility index (Phi) is 4.66. The van der Waals surface area contributed by atoms with Gasteiger partial charge in [0.1, 0.15) is 6.26 Å². The predicted molar refractivity (Wildman–Crippen MR) is 89.3 cm³/mol. The van der Waals surface area contributed by atoms with Crippen LogP contribution in [0, 0.1) is 0 Å². The number of nitrogens with zero attached hydrogens (tertiary/aromatic N) is 1. The van der Waals surface area contributed by atoms with Gasteiger partial charge in [-0.1, -0.05) is 12.1 Å². The smallest absolute Gasteiger partial charge is 0.302 e. The van der Waals surface area contributed by atoms with Crippen LogP contribution in [-0.4, -0.2) is 23.1 Å². The molecule has 7 nitrogen and oxygen atoms in total. The van der Waals surface area contributed by atoms with E-state index in [0.717, 1.165) is 4.90 Å². The highest BCUT2D eigenvalue weighted by molar-refractivity contribution is 7.98. The van der Waals surface area contributed by atoms with Crippen molar-refractivity contribution < 1.29 is 18.4 Å². The van der Waals surface area contributed by atoms with Gasteiger partial charge in [0.05, 0.1) is 12.0 Å². The number of aromatic nitrogens is 1. The van der Waals surface area contributed by atoms with Gasteiger partial charge in [0.15, 0.2) is 11.5 Å². The van der Waals surface area contributed by atoms with Crippen LogP contribution in [0.2, 0.25) is 0 Å². The summed E-state index contributed by atoms with van der Waals surface area (Å²) in [6, 6.07) is 10.4. The molecule has 2 amide bonds. The van der Waals surface area contributed by atoms with E-state index in [-0.39, 0.29) is 17.5 Å². The van der Waals surface area contributed by atoms with Gasteiger partial charge in [-0.05, 0) is 30.5 Å². The topological polar surface area (TPSA) is 97.4 Å². The number of furan rings is 1. The van der Waals surface area contributed by atoms with Gasteiger partial charge in [-0.3, -0.25) is 14.9 Å². The number of thioether (sulfide) groups is 1. The van der Waals surface area contributed by atoms with Gasteiger partial charge in [-0.15, -0.1) is 11.8 Å². The zero-order valence-corrected chi connectivity index (χ0v) is 13.4. The molecule has 0 aliphatic rings. The summed E-state index contributed by atoms with van der Waals surface area (Å²) >= 11 is 1.52. The lowest BCUT2D eigenvalue weighted by Crippen LogP contribution is -2.14. The Bertz CT molecular complexity index is 858. The third-order valence-electron chi connectivity index (χ3n) is 3.06. The van der Waals surface area contributed by atoms with Gasteiger partial charge in [0, 0.05) is 4.90 Å². The summed E-state index contributed by atoms with van der Waals surface area (Å²) in [6.07, 6.45) is 4.48. The number of oxazole rings is 1. The standard InChI is InChI=1S/C16H13N3O4S/c1-24-13-7-3-2-5-10(13)17-14(20)11-9-23-16(18-11)19-15(21)12-6-4-8-22-12/h2-9H,1H3,(H,17,20)(H,18,19,21). The minimum Gasteiger partial charge on any atom is -0.459 e. The molecule has 3 aromatic rings. The molecule has 2 heterocycles. The van der Waals surface area contributed by atoms with E-state index in [9.17, 15) is 9.59 Å². The largest absolute Gasteiger partial charge is 0.459 e. The van der Waals surface area contributed by atoms with Crippen LogP contribution in [-0.2, 0) is 0 Å². The van der Waals surface area contributed by atoms with Crippen molar-refractivity contribution in [2.24, 2.45) is 0 Å². The van der Waals surface area contributed by atoms with E-state index in [1.807, 2.05) is 24.5 Å². The van der Waals surface area contributed by atoms with Gasteiger partial charge in [-0.2, -0.15) is 4.98 Å². The molecular weight excluding hydrogens is 330 g/mol. The van der Waals surface area contributed by atoms with E-state index in [2.05, 4.69) is 15.6 Å². The molecule has 0 bridgehead atoms. The molecular formula is C16H13N3O4S. The third kappa shape index (κ3) is 3.49. The summed E-state index contributed by atoms with van der Waals surface area (Å²) in [5, 5.41) is 5.17. The van der Waals surface area contributed by atoms with E-state index in [0.29, 0.717) is 5.69 Å². The van der Waals surface area contributed by atoms with Crippen molar-refractivity contribution in [1.29, 1.82) is 0 Å². The molecule has 0 aliphatic carbocycles. The van der Waals surface area contributed by atoms with Crippen molar-refractivity contribution in [3.05, 3.63) is 60.4 Å². The third-order valence-corrected chi connectivity index (χ3v) is 3.85. The molecule has 0 spiro atoms. The number of amides is 2. The lowest BCUT2D eigenvalue weighted by Gasteiger charge is -2.07. The van der Waals surface area contributed by atoms with Crippen molar-refractivity contribution in [1.82, 2.24) is 4.98 Å². The molecule has 0 atom stereocenters. The number of nitrogens with one attached hydrogen (secondary N) is 2. The summed E-state index contributed by atoms with van der Waals surface area (Å²) in [4.78, 5) is 28.9. The van der Waals surface area contributed by atoms with E-state index >= 15 is 0 Å². The van der Waals surface area contributed by atoms with Crippen LogP contribution in [0.15, 0.2) is 62.7 Å². The second kappa shape index (κ2) is 7.05. The van der Waals surface area contributed by atoms with E-state index in [1.165, 1.54) is 30.4 Å². The molecule has 0 aliphatic heterocycles. The Labute approximate surface area is 141 Å². The molecule has 24 heavy (non-hydrogen) atoms. The summed E-state index contributed by atoms with van der Waals surface area (Å²) in [5.41, 5.74) is 0.736. The first kappa shape index (κ1) is 15.9. The van der Waals surface area contributed by atoms with E-state index in [4.69, 9.17) is 8.83 Å².